The monoisotopic (exact) mass is 381 g/mol. The molecule has 3 nitrogen and oxygen atoms in total. The van der Waals surface area contributed by atoms with E-state index in [1.807, 2.05) is 18.5 Å². The van der Waals surface area contributed by atoms with Crippen LogP contribution in [0.4, 0.5) is 0 Å². The molecule has 0 bridgehead atoms. The highest BCUT2D eigenvalue weighted by atomic mass is 79.9. The molecule has 3 aromatic rings. The van der Waals surface area contributed by atoms with Crippen molar-refractivity contribution in [1.29, 1.82) is 0 Å². The van der Waals surface area contributed by atoms with E-state index < -0.39 is 0 Å². The summed E-state index contributed by atoms with van der Waals surface area (Å²) in [6.07, 6.45) is 6.16. The maximum absolute atomic E-state index is 4.48. The highest BCUT2D eigenvalue weighted by molar-refractivity contribution is 9.10. The lowest BCUT2D eigenvalue weighted by Crippen LogP contribution is -2.31. The molecule has 1 aliphatic carbocycles. The molecule has 0 radical (unpaired) electrons. The minimum Gasteiger partial charge on any atom is -0.347 e. The molecule has 1 aromatic heterocycles. The Labute approximate surface area is 150 Å². The van der Waals surface area contributed by atoms with Crippen molar-refractivity contribution in [3.05, 3.63) is 88.4 Å². The van der Waals surface area contributed by atoms with Gasteiger partial charge in [-0.1, -0.05) is 58.4 Å². The van der Waals surface area contributed by atoms with Gasteiger partial charge in [-0.15, -0.1) is 0 Å². The van der Waals surface area contributed by atoms with Crippen LogP contribution in [0.5, 0.6) is 0 Å². The molecule has 0 aliphatic heterocycles. The summed E-state index contributed by atoms with van der Waals surface area (Å²) in [6.45, 7) is 0.948. The number of nitrogens with one attached hydrogen (secondary N) is 2. The van der Waals surface area contributed by atoms with E-state index in [0.717, 1.165) is 16.8 Å². The molecule has 4 heteroatoms. The quantitative estimate of drug-likeness (QED) is 0.655. The zero-order valence-electron chi connectivity index (χ0n) is 13.4. The number of halogens is 1. The first-order valence-corrected chi connectivity index (χ1v) is 9.10. The molecular formula is C20H20BrN3. The topological polar surface area (TPSA) is 40.7 Å². The highest BCUT2D eigenvalue weighted by Gasteiger charge is 2.44. The van der Waals surface area contributed by atoms with E-state index in [-0.39, 0.29) is 11.5 Å². The number of H-pyrrole nitrogens is 1. The van der Waals surface area contributed by atoms with E-state index in [2.05, 4.69) is 79.7 Å². The van der Waals surface area contributed by atoms with Crippen LogP contribution in [0.2, 0.25) is 0 Å². The number of imidazole rings is 1. The lowest BCUT2D eigenvalue weighted by atomic mass is 9.95. The average Bonchev–Trinajstić information content (AvgIpc) is 3.21. The van der Waals surface area contributed by atoms with Crippen molar-refractivity contribution < 1.29 is 0 Å². The maximum atomic E-state index is 4.48. The van der Waals surface area contributed by atoms with Crippen LogP contribution >= 0.6 is 15.9 Å². The fourth-order valence-electron chi connectivity index (χ4n) is 3.29. The van der Waals surface area contributed by atoms with Gasteiger partial charge in [-0.05, 0) is 36.1 Å². The molecule has 1 fully saturated rings. The van der Waals surface area contributed by atoms with Crippen molar-refractivity contribution in [3.63, 3.8) is 0 Å². The molecule has 122 valence electrons. The number of rotatable bonds is 6. The van der Waals surface area contributed by atoms with E-state index >= 15 is 0 Å². The average molecular weight is 382 g/mol. The molecule has 0 saturated heterocycles. The van der Waals surface area contributed by atoms with Gasteiger partial charge in [0.05, 0.1) is 6.04 Å². The predicted molar refractivity (Wildman–Crippen MR) is 99.9 cm³/mol. The van der Waals surface area contributed by atoms with Crippen molar-refractivity contribution in [3.8, 4) is 0 Å². The van der Waals surface area contributed by atoms with Gasteiger partial charge in [0.2, 0.25) is 0 Å². The van der Waals surface area contributed by atoms with Gasteiger partial charge in [0.25, 0.3) is 0 Å². The van der Waals surface area contributed by atoms with Crippen molar-refractivity contribution in [2.45, 2.75) is 24.3 Å². The molecule has 1 heterocycles. The number of hydrogen-bond donors (Lipinski definition) is 2. The standard InChI is InChI=1S/C20H20BrN3/c21-17-8-4-7-16(13-17)20(9-10-20)14-24-18(19-22-11-12-23-19)15-5-2-1-3-6-15/h1-8,11-13,18,24H,9-10,14H2,(H,22,23). The number of hydrogen-bond acceptors (Lipinski definition) is 2. The summed E-state index contributed by atoms with van der Waals surface area (Å²) in [5, 5.41) is 3.75. The predicted octanol–water partition coefficient (Wildman–Crippen LogP) is 4.58. The third kappa shape index (κ3) is 3.17. The molecular weight excluding hydrogens is 362 g/mol. The zero-order chi connectivity index (χ0) is 16.4. The molecule has 4 rings (SSSR count). The van der Waals surface area contributed by atoms with Crippen LogP contribution in [0.3, 0.4) is 0 Å². The molecule has 1 saturated carbocycles. The second kappa shape index (κ2) is 6.54. The van der Waals surface area contributed by atoms with Crippen molar-refractivity contribution in [2.24, 2.45) is 0 Å². The molecule has 1 aliphatic rings. The largest absolute Gasteiger partial charge is 0.347 e. The van der Waals surface area contributed by atoms with Crippen LogP contribution in [-0.4, -0.2) is 16.5 Å². The minimum absolute atomic E-state index is 0.0887. The normalized spacial score (nSPS) is 16.7. The fraction of sp³-hybridized carbons (Fsp3) is 0.250. The van der Waals surface area contributed by atoms with Crippen LogP contribution in [0.1, 0.15) is 35.8 Å². The van der Waals surface area contributed by atoms with E-state index in [1.165, 1.54) is 24.0 Å². The van der Waals surface area contributed by atoms with Crippen molar-refractivity contribution in [1.82, 2.24) is 15.3 Å². The Morgan fingerprint density at radius 1 is 1.12 bits per heavy atom. The van der Waals surface area contributed by atoms with Crippen LogP contribution in [0.25, 0.3) is 0 Å². The summed E-state index contributed by atoms with van der Waals surface area (Å²) in [7, 11) is 0. The molecule has 2 N–H and O–H groups in total. The lowest BCUT2D eigenvalue weighted by molar-refractivity contribution is 0.516. The first-order chi connectivity index (χ1) is 11.8. The van der Waals surface area contributed by atoms with E-state index in [4.69, 9.17) is 0 Å². The maximum Gasteiger partial charge on any atom is 0.127 e. The second-order valence-electron chi connectivity index (χ2n) is 6.49. The number of aromatic amines is 1. The summed E-state index contributed by atoms with van der Waals surface area (Å²) in [5.74, 6) is 0.964. The molecule has 24 heavy (non-hydrogen) atoms. The van der Waals surface area contributed by atoms with Crippen LogP contribution < -0.4 is 5.32 Å². The van der Waals surface area contributed by atoms with Gasteiger partial charge >= 0.3 is 0 Å². The third-order valence-electron chi connectivity index (χ3n) is 4.86. The van der Waals surface area contributed by atoms with E-state index in [1.54, 1.807) is 0 Å². The van der Waals surface area contributed by atoms with Crippen molar-refractivity contribution in [2.75, 3.05) is 6.54 Å². The first kappa shape index (κ1) is 15.6. The minimum atomic E-state index is 0.0887. The Kier molecular flexibility index (Phi) is 4.25. The fourth-order valence-corrected chi connectivity index (χ4v) is 3.69. The third-order valence-corrected chi connectivity index (χ3v) is 5.35. The van der Waals surface area contributed by atoms with Crippen LogP contribution in [0, 0.1) is 0 Å². The van der Waals surface area contributed by atoms with Gasteiger partial charge in [0.15, 0.2) is 0 Å². The molecule has 1 unspecified atom stereocenters. The molecule has 2 aromatic carbocycles. The summed E-state index contributed by atoms with van der Waals surface area (Å²) < 4.78 is 1.15. The lowest BCUT2D eigenvalue weighted by Gasteiger charge is -2.22. The summed E-state index contributed by atoms with van der Waals surface area (Å²) >= 11 is 3.60. The van der Waals surface area contributed by atoms with Gasteiger partial charge in [-0.3, -0.25) is 0 Å². The van der Waals surface area contributed by atoms with E-state index in [9.17, 15) is 0 Å². The SMILES string of the molecule is Brc1cccc(C2(CNC(c3ccccc3)c3ncc[nH]3)CC2)c1. The summed E-state index contributed by atoms with van der Waals surface area (Å²) in [6, 6.07) is 19.3. The second-order valence-corrected chi connectivity index (χ2v) is 7.41. The van der Waals surface area contributed by atoms with Gasteiger partial charge in [0, 0.05) is 28.8 Å². The number of aromatic nitrogens is 2. The van der Waals surface area contributed by atoms with Crippen LogP contribution in [-0.2, 0) is 5.41 Å². The first-order valence-electron chi connectivity index (χ1n) is 8.31. The zero-order valence-corrected chi connectivity index (χ0v) is 15.0. The Hall–Kier alpha value is -1.91. The van der Waals surface area contributed by atoms with Gasteiger partial charge in [0.1, 0.15) is 5.82 Å². The van der Waals surface area contributed by atoms with Crippen LogP contribution in [0.15, 0.2) is 71.5 Å². The molecule has 0 spiro atoms. The van der Waals surface area contributed by atoms with Gasteiger partial charge < -0.3 is 10.3 Å². The molecule has 1 atom stereocenters. The Morgan fingerprint density at radius 3 is 2.62 bits per heavy atom. The number of benzene rings is 2. The van der Waals surface area contributed by atoms with Crippen molar-refractivity contribution >= 4 is 15.9 Å². The summed E-state index contributed by atoms with van der Waals surface area (Å²) in [5.41, 5.74) is 2.90. The van der Waals surface area contributed by atoms with Gasteiger partial charge in [-0.25, -0.2) is 4.98 Å². The Morgan fingerprint density at radius 2 is 1.96 bits per heavy atom. The molecule has 0 amide bonds. The van der Waals surface area contributed by atoms with E-state index in [0.29, 0.717) is 0 Å². The Bertz CT molecular complexity index is 795. The highest BCUT2D eigenvalue weighted by Crippen LogP contribution is 2.48. The smallest absolute Gasteiger partial charge is 0.127 e. The Balaban J connectivity index is 1.56. The number of nitrogens with zero attached hydrogens (tertiary/aromatic N) is 1. The van der Waals surface area contributed by atoms with Gasteiger partial charge in [-0.2, -0.15) is 0 Å². The summed E-state index contributed by atoms with van der Waals surface area (Å²) in [4.78, 5) is 7.74.